The summed E-state index contributed by atoms with van der Waals surface area (Å²) in [5, 5.41) is 6.27. The molecule has 2 saturated heterocycles. The van der Waals surface area contributed by atoms with Crippen LogP contribution in [-0.4, -0.2) is 49.6 Å². The van der Waals surface area contributed by atoms with Gasteiger partial charge in [0.25, 0.3) is 0 Å². The van der Waals surface area contributed by atoms with Gasteiger partial charge in [0.15, 0.2) is 0 Å². The van der Waals surface area contributed by atoms with Crippen molar-refractivity contribution in [3.05, 3.63) is 0 Å². The maximum absolute atomic E-state index is 11.5. The summed E-state index contributed by atoms with van der Waals surface area (Å²) in [6.07, 6.45) is 2.60. The molecule has 0 spiro atoms. The van der Waals surface area contributed by atoms with E-state index in [9.17, 15) is 4.79 Å². The van der Waals surface area contributed by atoms with Crippen LogP contribution in [0.15, 0.2) is 0 Å². The molecule has 0 radical (unpaired) electrons. The number of likely N-dealkylation sites (N-methyl/N-ethyl adjacent to an activating group) is 1. The molecular weight excluding hydrogens is 190 g/mol. The molecule has 2 N–H and O–H groups in total. The van der Waals surface area contributed by atoms with Crippen molar-refractivity contribution in [2.45, 2.75) is 31.8 Å². The molecule has 2 aliphatic heterocycles. The van der Waals surface area contributed by atoms with Gasteiger partial charge in [-0.3, -0.25) is 9.69 Å². The molecule has 2 aliphatic rings. The lowest BCUT2D eigenvalue weighted by molar-refractivity contribution is -0.125. The standard InChI is InChI=1S/C11H21N3O/c1-8(11(15)12-2)14-6-9-4-3-5-13-10(9)7-14/h8-10,13H,3-7H2,1-2H3,(H,12,15). The van der Waals surface area contributed by atoms with Crippen LogP contribution in [0.5, 0.6) is 0 Å². The first-order valence-electron chi connectivity index (χ1n) is 5.91. The lowest BCUT2D eigenvalue weighted by Gasteiger charge is -2.24. The Morgan fingerprint density at radius 3 is 3.00 bits per heavy atom. The SMILES string of the molecule is CNC(=O)C(C)N1CC2CCCNC2C1. The van der Waals surface area contributed by atoms with Crippen LogP contribution in [0.1, 0.15) is 19.8 Å². The maximum Gasteiger partial charge on any atom is 0.236 e. The number of likely N-dealkylation sites (tertiary alicyclic amines) is 1. The monoisotopic (exact) mass is 211 g/mol. The molecule has 86 valence electrons. The van der Waals surface area contributed by atoms with Crippen LogP contribution in [0.4, 0.5) is 0 Å². The van der Waals surface area contributed by atoms with Gasteiger partial charge in [0.2, 0.25) is 5.91 Å². The van der Waals surface area contributed by atoms with Crippen molar-refractivity contribution in [1.82, 2.24) is 15.5 Å². The molecule has 2 rings (SSSR count). The van der Waals surface area contributed by atoms with Gasteiger partial charge in [0.05, 0.1) is 6.04 Å². The summed E-state index contributed by atoms with van der Waals surface area (Å²) >= 11 is 0. The molecule has 0 aromatic heterocycles. The van der Waals surface area contributed by atoms with Gasteiger partial charge in [-0.2, -0.15) is 0 Å². The number of carbonyl (C=O) groups excluding carboxylic acids is 1. The second-order valence-electron chi connectivity index (χ2n) is 4.71. The van der Waals surface area contributed by atoms with Crippen molar-refractivity contribution < 1.29 is 4.79 Å². The number of nitrogens with zero attached hydrogens (tertiary/aromatic N) is 1. The fourth-order valence-electron chi connectivity index (χ4n) is 2.77. The summed E-state index contributed by atoms with van der Waals surface area (Å²) in [5.41, 5.74) is 0. The third kappa shape index (κ3) is 2.16. The molecule has 15 heavy (non-hydrogen) atoms. The van der Waals surface area contributed by atoms with E-state index in [1.54, 1.807) is 7.05 Å². The highest BCUT2D eigenvalue weighted by Gasteiger charge is 2.37. The minimum Gasteiger partial charge on any atom is -0.358 e. The maximum atomic E-state index is 11.5. The molecule has 0 bridgehead atoms. The number of fused-ring (bicyclic) bond motifs is 1. The van der Waals surface area contributed by atoms with Crippen LogP contribution in [0.3, 0.4) is 0 Å². The Hall–Kier alpha value is -0.610. The lowest BCUT2D eigenvalue weighted by Crippen LogP contribution is -2.44. The average Bonchev–Trinajstić information content (AvgIpc) is 2.70. The molecule has 1 amide bonds. The zero-order chi connectivity index (χ0) is 10.8. The number of hydrogen-bond acceptors (Lipinski definition) is 3. The van der Waals surface area contributed by atoms with Gasteiger partial charge in [-0.15, -0.1) is 0 Å². The van der Waals surface area contributed by atoms with Gasteiger partial charge in [0, 0.05) is 26.2 Å². The highest BCUT2D eigenvalue weighted by Crippen LogP contribution is 2.26. The smallest absolute Gasteiger partial charge is 0.236 e. The second-order valence-corrected chi connectivity index (χ2v) is 4.71. The van der Waals surface area contributed by atoms with Gasteiger partial charge >= 0.3 is 0 Å². The Morgan fingerprint density at radius 1 is 1.53 bits per heavy atom. The molecule has 0 saturated carbocycles. The van der Waals surface area contributed by atoms with Crippen LogP contribution in [0.2, 0.25) is 0 Å². The summed E-state index contributed by atoms with van der Waals surface area (Å²) in [6, 6.07) is 0.633. The summed E-state index contributed by atoms with van der Waals surface area (Å²) in [4.78, 5) is 13.8. The summed E-state index contributed by atoms with van der Waals surface area (Å²) < 4.78 is 0. The van der Waals surface area contributed by atoms with E-state index >= 15 is 0 Å². The van der Waals surface area contributed by atoms with Crippen LogP contribution >= 0.6 is 0 Å². The first-order valence-corrected chi connectivity index (χ1v) is 5.91. The fraction of sp³-hybridized carbons (Fsp3) is 0.909. The Morgan fingerprint density at radius 2 is 2.33 bits per heavy atom. The number of carbonyl (C=O) groups is 1. The van der Waals surface area contributed by atoms with E-state index in [1.807, 2.05) is 6.92 Å². The molecule has 2 heterocycles. The number of nitrogens with one attached hydrogen (secondary N) is 2. The van der Waals surface area contributed by atoms with Crippen molar-refractivity contribution in [2.24, 2.45) is 5.92 Å². The van der Waals surface area contributed by atoms with E-state index in [1.165, 1.54) is 12.8 Å². The zero-order valence-electron chi connectivity index (χ0n) is 9.62. The largest absolute Gasteiger partial charge is 0.358 e. The highest BCUT2D eigenvalue weighted by molar-refractivity contribution is 5.81. The fourth-order valence-corrected chi connectivity index (χ4v) is 2.77. The van der Waals surface area contributed by atoms with E-state index in [-0.39, 0.29) is 11.9 Å². The lowest BCUT2D eigenvalue weighted by atomic mass is 9.94. The van der Waals surface area contributed by atoms with Crippen molar-refractivity contribution >= 4 is 5.91 Å². The van der Waals surface area contributed by atoms with Gasteiger partial charge in [-0.1, -0.05) is 0 Å². The third-order valence-corrected chi connectivity index (χ3v) is 3.80. The van der Waals surface area contributed by atoms with E-state index in [4.69, 9.17) is 0 Å². The molecular formula is C11H21N3O. The molecule has 2 fully saturated rings. The van der Waals surface area contributed by atoms with Crippen molar-refractivity contribution in [1.29, 1.82) is 0 Å². The van der Waals surface area contributed by atoms with Crippen LogP contribution in [0.25, 0.3) is 0 Å². The molecule has 0 aromatic rings. The Bertz CT molecular complexity index is 230. The van der Waals surface area contributed by atoms with Gasteiger partial charge in [-0.05, 0) is 32.2 Å². The van der Waals surface area contributed by atoms with Gasteiger partial charge in [0.1, 0.15) is 0 Å². The van der Waals surface area contributed by atoms with E-state index in [2.05, 4.69) is 15.5 Å². The summed E-state index contributed by atoms with van der Waals surface area (Å²) in [7, 11) is 1.71. The molecule has 0 aromatic carbocycles. The molecule has 3 unspecified atom stereocenters. The van der Waals surface area contributed by atoms with Crippen LogP contribution in [-0.2, 0) is 4.79 Å². The molecule has 4 nitrogen and oxygen atoms in total. The van der Waals surface area contributed by atoms with Gasteiger partial charge < -0.3 is 10.6 Å². The van der Waals surface area contributed by atoms with Gasteiger partial charge in [-0.25, -0.2) is 0 Å². The Kier molecular flexibility index (Phi) is 3.26. The summed E-state index contributed by atoms with van der Waals surface area (Å²) in [5.74, 6) is 0.888. The predicted molar refractivity (Wildman–Crippen MR) is 59.6 cm³/mol. The zero-order valence-corrected chi connectivity index (χ0v) is 9.62. The molecule has 0 aliphatic carbocycles. The minimum atomic E-state index is 0.0161. The van der Waals surface area contributed by atoms with Crippen molar-refractivity contribution in [2.75, 3.05) is 26.7 Å². The average molecular weight is 211 g/mol. The first-order chi connectivity index (χ1) is 7.22. The number of piperidine rings is 1. The highest BCUT2D eigenvalue weighted by atomic mass is 16.2. The minimum absolute atomic E-state index is 0.0161. The number of hydrogen-bond donors (Lipinski definition) is 2. The third-order valence-electron chi connectivity index (χ3n) is 3.80. The Balaban J connectivity index is 1.93. The number of rotatable bonds is 2. The topological polar surface area (TPSA) is 44.4 Å². The number of amides is 1. The second kappa shape index (κ2) is 4.49. The van der Waals surface area contributed by atoms with E-state index < -0.39 is 0 Å². The predicted octanol–water partition coefficient (Wildman–Crippen LogP) is -0.195. The Labute approximate surface area is 91.4 Å². The molecule has 3 atom stereocenters. The van der Waals surface area contributed by atoms with E-state index in [0.717, 1.165) is 25.6 Å². The van der Waals surface area contributed by atoms with E-state index in [0.29, 0.717) is 6.04 Å². The first kappa shape index (κ1) is 10.9. The summed E-state index contributed by atoms with van der Waals surface area (Å²) in [6.45, 7) is 5.24. The quantitative estimate of drug-likeness (QED) is 0.665. The molecule has 4 heteroatoms. The normalized spacial score (nSPS) is 33.5. The van der Waals surface area contributed by atoms with Crippen molar-refractivity contribution in [3.63, 3.8) is 0 Å². The van der Waals surface area contributed by atoms with Crippen molar-refractivity contribution in [3.8, 4) is 0 Å². The van der Waals surface area contributed by atoms with Crippen LogP contribution < -0.4 is 10.6 Å². The van der Waals surface area contributed by atoms with Crippen LogP contribution in [0, 0.1) is 5.92 Å².